The van der Waals surface area contributed by atoms with Gasteiger partial charge in [0.25, 0.3) is 5.56 Å². The Labute approximate surface area is 174 Å². The van der Waals surface area contributed by atoms with Gasteiger partial charge in [0.2, 0.25) is 0 Å². The molecule has 0 saturated heterocycles. The summed E-state index contributed by atoms with van der Waals surface area (Å²) in [7, 11) is 0. The van der Waals surface area contributed by atoms with E-state index in [4.69, 9.17) is 11.6 Å². The van der Waals surface area contributed by atoms with Crippen molar-refractivity contribution >= 4 is 17.2 Å². The minimum Gasteiger partial charge on any atom is -0.311 e. The van der Waals surface area contributed by atoms with E-state index >= 15 is 0 Å². The Morgan fingerprint density at radius 2 is 1.86 bits per heavy atom. The van der Waals surface area contributed by atoms with Crippen LogP contribution in [0, 0.1) is 6.92 Å². The van der Waals surface area contributed by atoms with Crippen LogP contribution in [0.25, 0.3) is 5.57 Å². The second-order valence-electron chi connectivity index (χ2n) is 7.65. The maximum Gasteiger partial charge on any atom is 0.325 e. The van der Waals surface area contributed by atoms with E-state index in [0.29, 0.717) is 12.0 Å². The summed E-state index contributed by atoms with van der Waals surface area (Å²) >= 11 is 6.44. The second-order valence-corrected chi connectivity index (χ2v) is 8.05. The molecule has 0 aliphatic heterocycles. The number of hydrogen-bond donors (Lipinski definition) is 2. The van der Waals surface area contributed by atoms with E-state index in [2.05, 4.69) is 28.2 Å². The molecule has 1 unspecified atom stereocenters. The molecular weight excluding hydrogens is 384 g/mol. The molecular formula is C24H23ClN2O2. The predicted molar refractivity (Wildman–Crippen MR) is 118 cm³/mol. The first-order chi connectivity index (χ1) is 14.0. The zero-order valence-electron chi connectivity index (χ0n) is 16.3. The molecule has 148 valence electrons. The summed E-state index contributed by atoms with van der Waals surface area (Å²) in [5.74, 6) is 0.108. The minimum absolute atomic E-state index is 0.108. The maximum atomic E-state index is 12.6. The molecule has 5 heteroatoms. The zero-order valence-corrected chi connectivity index (χ0v) is 17.1. The van der Waals surface area contributed by atoms with E-state index < -0.39 is 5.69 Å². The van der Waals surface area contributed by atoms with Crippen LogP contribution < -0.4 is 11.2 Å². The maximum absolute atomic E-state index is 12.6. The topological polar surface area (TPSA) is 65.7 Å². The van der Waals surface area contributed by atoms with Gasteiger partial charge in [-0.2, -0.15) is 0 Å². The number of aromatic nitrogens is 2. The molecule has 1 heterocycles. The molecule has 29 heavy (non-hydrogen) atoms. The third-order valence-corrected chi connectivity index (χ3v) is 5.90. The third kappa shape index (κ3) is 4.28. The lowest BCUT2D eigenvalue weighted by atomic mass is 9.82. The van der Waals surface area contributed by atoms with Crippen molar-refractivity contribution < 1.29 is 0 Å². The fraction of sp³-hybridized carbons (Fsp3) is 0.250. The first kappa shape index (κ1) is 19.5. The summed E-state index contributed by atoms with van der Waals surface area (Å²) in [4.78, 5) is 29.8. The molecule has 0 fully saturated rings. The first-order valence-electron chi connectivity index (χ1n) is 9.86. The SMILES string of the molecule is Cc1ccc(C2=CCC(c3[nH]c(=O)[nH]c(=O)c3Cc3ccccc3)CC2)c(Cl)c1. The van der Waals surface area contributed by atoms with Crippen LogP contribution in [0.3, 0.4) is 0 Å². The smallest absolute Gasteiger partial charge is 0.311 e. The number of allylic oxidation sites excluding steroid dienone is 2. The Morgan fingerprint density at radius 3 is 2.55 bits per heavy atom. The molecule has 0 radical (unpaired) electrons. The van der Waals surface area contributed by atoms with Gasteiger partial charge in [-0.1, -0.05) is 60.1 Å². The average Bonchev–Trinajstić information content (AvgIpc) is 2.71. The second kappa shape index (κ2) is 8.26. The standard InChI is InChI=1S/C24H23ClN2O2/c1-15-7-12-19(21(25)13-15)17-8-10-18(11-9-17)22-20(23(28)27-24(29)26-22)14-16-5-3-2-4-6-16/h2-8,12-13,18H,9-11,14H2,1H3,(H2,26,27,28,29). The summed E-state index contributed by atoms with van der Waals surface area (Å²) < 4.78 is 0. The van der Waals surface area contributed by atoms with Crippen LogP contribution in [0.4, 0.5) is 0 Å². The fourth-order valence-electron chi connectivity index (χ4n) is 4.08. The number of nitrogens with one attached hydrogen (secondary N) is 2. The van der Waals surface area contributed by atoms with Crippen LogP contribution in [0.2, 0.25) is 5.02 Å². The van der Waals surface area contributed by atoms with E-state index in [1.54, 1.807) is 0 Å². The highest BCUT2D eigenvalue weighted by atomic mass is 35.5. The van der Waals surface area contributed by atoms with E-state index in [1.165, 1.54) is 5.57 Å². The number of benzene rings is 2. The van der Waals surface area contributed by atoms with Gasteiger partial charge in [0, 0.05) is 28.6 Å². The summed E-state index contributed by atoms with van der Waals surface area (Å²) in [5.41, 5.74) is 5.13. The molecule has 1 aromatic heterocycles. The van der Waals surface area contributed by atoms with Crippen molar-refractivity contribution in [2.45, 2.75) is 38.5 Å². The number of aryl methyl sites for hydroxylation is 1. The highest BCUT2D eigenvalue weighted by molar-refractivity contribution is 6.32. The monoisotopic (exact) mass is 406 g/mol. The van der Waals surface area contributed by atoms with Gasteiger partial charge in [-0.05, 0) is 54.5 Å². The lowest BCUT2D eigenvalue weighted by Crippen LogP contribution is -2.30. The zero-order chi connectivity index (χ0) is 20.4. The number of halogens is 1. The Bertz CT molecular complexity index is 1180. The van der Waals surface area contributed by atoms with Crippen molar-refractivity contribution in [2.24, 2.45) is 0 Å². The molecule has 3 aromatic rings. The molecule has 4 nitrogen and oxygen atoms in total. The van der Waals surface area contributed by atoms with Crippen molar-refractivity contribution in [3.63, 3.8) is 0 Å². The van der Waals surface area contributed by atoms with Crippen LogP contribution in [0.5, 0.6) is 0 Å². The molecule has 4 rings (SSSR count). The van der Waals surface area contributed by atoms with Gasteiger partial charge in [-0.15, -0.1) is 0 Å². The Kier molecular flexibility index (Phi) is 5.54. The van der Waals surface area contributed by atoms with E-state index in [9.17, 15) is 9.59 Å². The van der Waals surface area contributed by atoms with Crippen LogP contribution in [0.15, 0.2) is 64.2 Å². The van der Waals surface area contributed by atoms with Gasteiger partial charge < -0.3 is 4.98 Å². The molecule has 1 atom stereocenters. The molecule has 0 bridgehead atoms. The van der Waals surface area contributed by atoms with Crippen LogP contribution in [-0.4, -0.2) is 9.97 Å². The van der Waals surface area contributed by atoms with Crippen molar-refractivity contribution in [1.82, 2.24) is 9.97 Å². The number of hydrogen-bond acceptors (Lipinski definition) is 2. The van der Waals surface area contributed by atoms with Gasteiger partial charge >= 0.3 is 5.69 Å². The quantitative estimate of drug-likeness (QED) is 0.642. The average molecular weight is 407 g/mol. The number of H-pyrrole nitrogens is 2. The summed E-state index contributed by atoms with van der Waals surface area (Å²) in [5, 5.41) is 0.768. The van der Waals surface area contributed by atoms with Crippen molar-refractivity contribution in [1.29, 1.82) is 0 Å². The molecule has 0 spiro atoms. The largest absolute Gasteiger partial charge is 0.325 e. The van der Waals surface area contributed by atoms with Crippen LogP contribution in [-0.2, 0) is 6.42 Å². The number of aromatic amines is 2. The van der Waals surface area contributed by atoms with Gasteiger partial charge in [-0.3, -0.25) is 9.78 Å². The molecule has 0 amide bonds. The Balaban J connectivity index is 1.65. The Morgan fingerprint density at radius 1 is 1.07 bits per heavy atom. The van der Waals surface area contributed by atoms with Crippen LogP contribution >= 0.6 is 11.6 Å². The highest BCUT2D eigenvalue weighted by Gasteiger charge is 2.23. The van der Waals surface area contributed by atoms with Gasteiger partial charge in [-0.25, -0.2) is 4.79 Å². The number of rotatable bonds is 4. The van der Waals surface area contributed by atoms with Crippen molar-refractivity contribution in [2.75, 3.05) is 0 Å². The third-order valence-electron chi connectivity index (χ3n) is 5.59. The molecule has 1 aliphatic carbocycles. The molecule has 1 aliphatic rings. The molecule has 2 aromatic carbocycles. The van der Waals surface area contributed by atoms with Gasteiger partial charge in [0.1, 0.15) is 0 Å². The van der Waals surface area contributed by atoms with E-state index in [1.807, 2.05) is 43.3 Å². The predicted octanol–water partition coefficient (Wildman–Crippen LogP) is 4.97. The Hall–Kier alpha value is -2.85. The van der Waals surface area contributed by atoms with E-state index in [-0.39, 0.29) is 11.5 Å². The van der Waals surface area contributed by atoms with E-state index in [0.717, 1.165) is 46.7 Å². The van der Waals surface area contributed by atoms with Gasteiger partial charge in [0.15, 0.2) is 0 Å². The summed E-state index contributed by atoms with van der Waals surface area (Å²) in [6, 6.07) is 16.0. The van der Waals surface area contributed by atoms with Gasteiger partial charge in [0.05, 0.1) is 0 Å². The lowest BCUT2D eigenvalue weighted by Gasteiger charge is -2.24. The summed E-state index contributed by atoms with van der Waals surface area (Å²) in [6.07, 6.45) is 5.17. The summed E-state index contributed by atoms with van der Waals surface area (Å²) in [6.45, 7) is 2.03. The minimum atomic E-state index is -0.446. The molecule has 0 saturated carbocycles. The van der Waals surface area contributed by atoms with Crippen molar-refractivity contribution in [3.8, 4) is 0 Å². The highest BCUT2D eigenvalue weighted by Crippen LogP contribution is 2.38. The first-order valence-corrected chi connectivity index (χ1v) is 10.2. The molecule has 2 N–H and O–H groups in total. The van der Waals surface area contributed by atoms with Crippen molar-refractivity contribution in [3.05, 3.63) is 108 Å². The normalized spacial score (nSPS) is 16.5. The fourth-order valence-corrected chi connectivity index (χ4v) is 4.43. The van der Waals surface area contributed by atoms with Crippen LogP contribution in [0.1, 0.15) is 53.1 Å². The lowest BCUT2D eigenvalue weighted by molar-refractivity contribution is 0.596.